The second-order valence-corrected chi connectivity index (χ2v) is 9.52. The van der Waals surface area contributed by atoms with Crippen molar-refractivity contribution in [2.75, 3.05) is 20.8 Å². The first-order chi connectivity index (χ1) is 14.0. The number of nitrogens with zero attached hydrogens (tertiary/aromatic N) is 2. The van der Waals surface area contributed by atoms with Gasteiger partial charge in [0.25, 0.3) is 0 Å². The first kappa shape index (κ1) is 20.0. The van der Waals surface area contributed by atoms with E-state index in [1.165, 1.54) is 20.3 Å². The Labute approximate surface area is 178 Å². The minimum Gasteiger partial charge on any atom is -0.493 e. The van der Waals surface area contributed by atoms with Crippen molar-refractivity contribution in [1.82, 2.24) is 8.87 Å². The molecule has 2 aromatic carbocycles. The molecule has 0 N–H and O–H groups in total. The van der Waals surface area contributed by atoms with Gasteiger partial charge in [-0.2, -0.15) is 4.31 Å². The number of sulfonamides is 1. The van der Waals surface area contributed by atoms with Gasteiger partial charge in [0.1, 0.15) is 0 Å². The molecule has 152 valence electrons. The lowest BCUT2D eigenvalue weighted by Gasteiger charge is -2.36. The summed E-state index contributed by atoms with van der Waals surface area (Å²) in [7, 11) is -0.760. The molecule has 1 aliphatic rings. The maximum Gasteiger partial charge on any atom is 0.244 e. The third-order valence-corrected chi connectivity index (χ3v) is 7.53. The van der Waals surface area contributed by atoms with Gasteiger partial charge in [-0.3, -0.25) is 0 Å². The van der Waals surface area contributed by atoms with Crippen LogP contribution in [0.2, 0.25) is 0 Å². The smallest absolute Gasteiger partial charge is 0.244 e. The molecule has 4 rings (SSSR count). The van der Waals surface area contributed by atoms with Gasteiger partial charge in [-0.15, -0.1) is 0 Å². The molecule has 6 nitrogen and oxygen atoms in total. The fraction of sp³-hybridized carbons (Fsp3) is 0.238. The summed E-state index contributed by atoms with van der Waals surface area (Å²) in [6, 6.07) is 16.0. The lowest BCUT2D eigenvalue weighted by atomic mass is 10.0. The van der Waals surface area contributed by atoms with Gasteiger partial charge in [0.2, 0.25) is 10.0 Å². The summed E-state index contributed by atoms with van der Waals surface area (Å²) in [4.78, 5) is 0.178. The normalized spacial score (nSPS) is 17.0. The Morgan fingerprint density at radius 2 is 1.69 bits per heavy atom. The summed E-state index contributed by atoms with van der Waals surface area (Å²) in [5, 5.41) is 0. The largest absolute Gasteiger partial charge is 0.493 e. The summed E-state index contributed by atoms with van der Waals surface area (Å²) >= 11 is 3.45. The molecule has 1 aliphatic heterocycles. The minimum absolute atomic E-state index is 0.178. The first-order valence-corrected chi connectivity index (χ1v) is 11.3. The van der Waals surface area contributed by atoms with E-state index in [9.17, 15) is 8.42 Å². The van der Waals surface area contributed by atoms with E-state index in [4.69, 9.17) is 9.47 Å². The van der Waals surface area contributed by atoms with E-state index in [0.29, 0.717) is 24.6 Å². The van der Waals surface area contributed by atoms with Gasteiger partial charge in [-0.25, -0.2) is 8.42 Å². The van der Waals surface area contributed by atoms with Gasteiger partial charge in [0.05, 0.1) is 25.2 Å². The molecule has 3 aromatic rings. The Bertz CT molecular complexity index is 1130. The monoisotopic (exact) mass is 476 g/mol. The third kappa shape index (κ3) is 3.56. The molecule has 2 heterocycles. The van der Waals surface area contributed by atoms with Crippen LogP contribution in [0.3, 0.4) is 0 Å². The number of rotatable bonds is 5. The molecule has 0 saturated carbocycles. The highest BCUT2D eigenvalue weighted by atomic mass is 79.9. The molecule has 0 bridgehead atoms. The van der Waals surface area contributed by atoms with Crippen molar-refractivity contribution in [3.05, 3.63) is 76.5 Å². The highest BCUT2D eigenvalue weighted by molar-refractivity contribution is 9.10. The SMILES string of the molecule is COc1ccc(S(=O)(=O)N2CCn3cccc3[C@H]2c2ccc(Br)cc2)cc1OC. The average molecular weight is 477 g/mol. The molecule has 0 fully saturated rings. The van der Waals surface area contributed by atoms with Crippen molar-refractivity contribution in [2.45, 2.75) is 17.5 Å². The van der Waals surface area contributed by atoms with Crippen molar-refractivity contribution in [2.24, 2.45) is 0 Å². The third-order valence-electron chi connectivity index (χ3n) is 5.14. The van der Waals surface area contributed by atoms with E-state index in [2.05, 4.69) is 20.5 Å². The van der Waals surface area contributed by atoms with E-state index in [-0.39, 0.29) is 4.90 Å². The molecule has 1 atom stereocenters. The van der Waals surface area contributed by atoms with E-state index in [1.807, 2.05) is 42.6 Å². The van der Waals surface area contributed by atoms with Crippen LogP contribution in [0.5, 0.6) is 11.5 Å². The molecule has 0 radical (unpaired) electrons. The summed E-state index contributed by atoms with van der Waals surface area (Å²) in [6.45, 7) is 0.973. The van der Waals surface area contributed by atoms with Crippen LogP contribution >= 0.6 is 15.9 Å². The van der Waals surface area contributed by atoms with Crippen molar-refractivity contribution in [1.29, 1.82) is 0 Å². The van der Waals surface area contributed by atoms with Crippen molar-refractivity contribution >= 4 is 26.0 Å². The number of methoxy groups -OCH3 is 2. The Hall–Kier alpha value is -2.29. The zero-order valence-corrected chi connectivity index (χ0v) is 18.5. The topological polar surface area (TPSA) is 60.8 Å². The molecule has 0 aliphatic carbocycles. The summed E-state index contributed by atoms with van der Waals surface area (Å²) in [6.07, 6.45) is 1.99. The predicted molar refractivity (Wildman–Crippen MR) is 114 cm³/mol. The zero-order chi connectivity index (χ0) is 20.6. The van der Waals surface area contributed by atoms with Crippen LogP contribution in [-0.2, 0) is 16.6 Å². The summed E-state index contributed by atoms with van der Waals surface area (Å²) in [5.41, 5.74) is 1.86. The highest BCUT2D eigenvalue weighted by Crippen LogP contribution is 2.38. The Kier molecular flexibility index (Phi) is 5.42. The standard InChI is InChI=1S/C21H21BrN2O4S/c1-27-19-10-9-17(14-20(19)28-2)29(25,26)24-13-12-23-11-3-4-18(23)21(24)15-5-7-16(22)8-6-15/h3-11,14,21H,12-13H2,1-2H3/t21-/m1/s1. The van der Waals surface area contributed by atoms with Crippen LogP contribution in [0.4, 0.5) is 0 Å². The first-order valence-electron chi connectivity index (χ1n) is 9.10. The van der Waals surface area contributed by atoms with Crippen molar-refractivity contribution in [3.63, 3.8) is 0 Å². The number of aromatic nitrogens is 1. The van der Waals surface area contributed by atoms with Crippen LogP contribution in [-0.4, -0.2) is 38.1 Å². The molecule has 0 unspecified atom stereocenters. The molecular formula is C21H21BrN2O4S. The lowest BCUT2D eigenvalue weighted by molar-refractivity contribution is 0.298. The predicted octanol–water partition coefficient (Wildman–Crippen LogP) is 4.06. The average Bonchev–Trinajstić information content (AvgIpc) is 3.22. The molecule has 29 heavy (non-hydrogen) atoms. The number of halogens is 1. The van der Waals surface area contributed by atoms with Gasteiger partial charge in [-0.1, -0.05) is 28.1 Å². The lowest BCUT2D eigenvalue weighted by Crippen LogP contribution is -2.42. The Balaban J connectivity index is 1.82. The molecule has 8 heteroatoms. The van der Waals surface area contributed by atoms with Gasteiger partial charge in [-0.05, 0) is 42.0 Å². The quantitative estimate of drug-likeness (QED) is 0.556. The van der Waals surface area contributed by atoms with E-state index in [1.54, 1.807) is 16.4 Å². The van der Waals surface area contributed by atoms with Crippen LogP contribution in [0.1, 0.15) is 17.3 Å². The summed E-state index contributed by atoms with van der Waals surface area (Å²) < 4.78 is 42.5. The number of benzene rings is 2. The minimum atomic E-state index is -3.77. The van der Waals surface area contributed by atoms with Crippen molar-refractivity contribution < 1.29 is 17.9 Å². The van der Waals surface area contributed by atoms with Gasteiger partial charge in [0, 0.05) is 35.5 Å². The van der Waals surface area contributed by atoms with Crippen LogP contribution in [0, 0.1) is 0 Å². The van der Waals surface area contributed by atoms with E-state index < -0.39 is 16.1 Å². The number of fused-ring (bicyclic) bond motifs is 1. The molecule has 0 spiro atoms. The number of hydrogen-bond donors (Lipinski definition) is 0. The Morgan fingerprint density at radius 3 is 2.38 bits per heavy atom. The van der Waals surface area contributed by atoms with Gasteiger partial charge in [0.15, 0.2) is 11.5 Å². The van der Waals surface area contributed by atoms with E-state index in [0.717, 1.165) is 15.7 Å². The Morgan fingerprint density at radius 1 is 0.966 bits per heavy atom. The molecule has 1 aromatic heterocycles. The second-order valence-electron chi connectivity index (χ2n) is 6.71. The van der Waals surface area contributed by atoms with Gasteiger partial charge < -0.3 is 14.0 Å². The maximum absolute atomic E-state index is 13.6. The molecule has 0 amide bonds. The summed E-state index contributed by atoms with van der Waals surface area (Å²) in [5.74, 6) is 0.873. The highest BCUT2D eigenvalue weighted by Gasteiger charge is 2.37. The maximum atomic E-state index is 13.6. The zero-order valence-electron chi connectivity index (χ0n) is 16.1. The van der Waals surface area contributed by atoms with E-state index >= 15 is 0 Å². The van der Waals surface area contributed by atoms with Crippen LogP contribution in [0.25, 0.3) is 0 Å². The fourth-order valence-electron chi connectivity index (χ4n) is 3.72. The van der Waals surface area contributed by atoms with Gasteiger partial charge >= 0.3 is 0 Å². The molecular weight excluding hydrogens is 456 g/mol. The second kappa shape index (κ2) is 7.85. The van der Waals surface area contributed by atoms with Crippen LogP contribution < -0.4 is 9.47 Å². The van der Waals surface area contributed by atoms with Crippen LogP contribution in [0.15, 0.2) is 70.2 Å². The number of hydrogen-bond acceptors (Lipinski definition) is 4. The number of ether oxygens (including phenoxy) is 2. The fourth-order valence-corrected chi connectivity index (χ4v) is 5.58. The molecule has 0 saturated heterocycles. The van der Waals surface area contributed by atoms with Crippen molar-refractivity contribution in [3.8, 4) is 11.5 Å².